The van der Waals surface area contributed by atoms with Gasteiger partial charge in [-0.25, -0.2) is 20.0 Å². The maximum Gasteiger partial charge on any atom is 0.381 e. The molecule has 4 N–H and O–H groups in total. The van der Waals surface area contributed by atoms with Gasteiger partial charge in [-0.2, -0.15) is 0 Å². The molecule has 0 unspecified atom stereocenters. The molecule has 0 saturated heterocycles. The Labute approximate surface area is 251 Å². The maximum absolute atomic E-state index is 8.68. The Hall–Kier alpha value is -1.67. The van der Waals surface area contributed by atoms with E-state index in [0.29, 0.717) is 50.1 Å². The third kappa shape index (κ3) is 15.1. The first-order valence-corrected chi connectivity index (χ1v) is 12.4. The number of nitrogens with zero attached hydrogens (tertiary/aromatic N) is 4. The molecule has 0 aromatic heterocycles. The van der Waals surface area contributed by atoms with E-state index in [4.69, 9.17) is 39.4 Å². The Morgan fingerprint density at radius 2 is 0.605 bits per heavy atom. The molecule has 0 bridgehead atoms. The first kappa shape index (κ1) is 38.5. The Bertz CT molecular complexity index is 663. The Morgan fingerprint density at radius 3 is 0.658 bits per heavy atom. The van der Waals surface area contributed by atoms with Gasteiger partial charge in [-0.1, -0.05) is 55.4 Å². The molecule has 4 heterocycles. The van der Waals surface area contributed by atoms with Crippen LogP contribution in [0, 0.1) is 23.7 Å². The van der Waals surface area contributed by atoms with Crippen LogP contribution in [0.5, 0.6) is 0 Å². The summed E-state index contributed by atoms with van der Waals surface area (Å²) in [5.74, 6) is 1.81. The van der Waals surface area contributed by atoms with Gasteiger partial charge in [-0.05, 0) is 23.7 Å². The second-order valence-corrected chi connectivity index (χ2v) is 10.1. The molecule has 4 atom stereocenters. The molecular weight excluding hydrogens is 678 g/mol. The summed E-state index contributed by atoms with van der Waals surface area (Å²) in [7, 11) is 0. The Kier molecular flexibility index (Phi) is 19.6. The molecule has 38 heavy (non-hydrogen) atoms. The Balaban J connectivity index is 0. The fraction of sp³-hybridized carbons (Fsp3) is 0.833. The van der Waals surface area contributed by atoms with Crippen molar-refractivity contribution in [1.29, 1.82) is 0 Å². The molecule has 14 heteroatoms. The van der Waals surface area contributed by atoms with E-state index in [0.717, 1.165) is 0 Å². The van der Waals surface area contributed by atoms with Gasteiger partial charge in [0.25, 0.3) is 0 Å². The largest absolute Gasteiger partial charge is 0.466 e. The minimum Gasteiger partial charge on any atom is -0.466 e. The zero-order valence-corrected chi connectivity index (χ0v) is 26.6. The van der Waals surface area contributed by atoms with Crippen LogP contribution in [0.25, 0.3) is 0 Å². The number of hydrogen-bond acceptors (Lipinski definition) is 8. The molecule has 0 fully saturated rings. The van der Waals surface area contributed by atoms with Crippen LogP contribution in [0.4, 0.5) is 0 Å². The summed E-state index contributed by atoms with van der Waals surface area (Å²) in [6.07, 6.45) is -0.634. The second kappa shape index (κ2) is 19.4. The van der Waals surface area contributed by atoms with Gasteiger partial charge < -0.3 is 39.4 Å². The number of aliphatic hydroxyl groups excluding tert-OH is 4. The smallest absolute Gasteiger partial charge is 0.381 e. The normalized spacial score (nSPS) is 24.7. The van der Waals surface area contributed by atoms with E-state index >= 15 is 0 Å². The fourth-order valence-corrected chi connectivity index (χ4v) is 2.87. The standard InChI is InChI=1S/4C6H11NO2.2Rh/c4*1-4(2)5-3-9-6(8)7-5;;/h4*4-5H,3H2,1-2H3,(H,7,8);;/t4*5-;;/m1111../s1. The molecule has 0 aromatic carbocycles. The van der Waals surface area contributed by atoms with Gasteiger partial charge in [0.1, 0.15) is 26.4 Å². The van der Waals surface area contributed by atoms with E-state index in [9.17, 15) is 0 Å². The Morgan fingerprint density at radius 1 is 0.447 bits per heavy atom. The van der Waals surface area contributed by atoms with Crippen LogP contribution in [-0.2, 0) is 57.9 Å². The summed E-state index contributed by atoms with van der Waals surface area (Å²) < 4.78 is 18.9. The molecule has 2 radical (unpaired) electrons. The molecule has 4 aliphatic rings. The van der Waals surface area contributed by atoms with Crippen molar-refractivity contribution >= 4 is 24.3 Å². The van der Waals surface area contributed by atoms with E-state index in [1.165, 1.54) is 0 Å². The van der Waals surface area contributed by atoms with Crippen LogP contribution in [0.1, 0.15) is 55.4 Å². The summed E-state index contributed by atoms with van der Waals surface area (Å²) in [6.45, 7) is 18.5. The van der Waals surface area contributed by atoms with Gasteiger partial charge in [-0.3, -0.25) is 0 Å². The summed E-state index contributed by atoms with van der Waals surface area (Å²) in [5, 5.41) is 34.7. The molecule has 4 rings (SSSR count). The first-order valence-electron chi connectivity index (χ1n) is 12.4. The number of aliphatic hydroxyl groups is 4. The zero-order valence-electron chi connectivity index (χ0n) is 23.3. The fourth-order valence-electron chi connectivity index (χ4n) is 2.87. The van der Waals surface area contributed by atoms with Gasteiger partial charge in [0.05, 0.1) is 24.2 Å². The molecule has 0 aromatic rings. The average molecular weight is 722 g/mol. The van der Waals surface area contributed by atoms with Crippen molar-refractivity contribution < 1.29 is 78.3 Å². The van der Waals surface area contributed by atoms with Crippen molar-refractivity contribution in [1.82, 2.24) is 0 Å². The summed E-state index contributed by atoms with van der Waals surface area (Å²) in [6, 6.07) is 0.630. The SMILES string of the molecule is CC(C)[C@H]1COC(O)=N1.CC(C)[C@H]1COC(O)=N1.CC(C)[C@H]1COC(O)=N1.CC(C)[C@H]1COC(O)=N1.[Rh].[Rh]. The minimum absolute atomic E-state index is 0. The van der Waals surface area contributed by atoms with E-state index in [-0.39, 0.29) is 87.5 Å². The van der Waals surface area contributed by atoms with Crippen molar-refractivity contribution in [3.63, 3.8) is 0 Å². The van der Waals surface area contributed by atoms with Crippen molar-refractivity contribution in [2.24, 2.45) is 43.6 Å². The van der Waals surface area contributed by atoms with E-state index in [1.807, 2.05) is 0 Å². The van der Waals surface area contributed by atoms with Gasteiger partial charge in [-0.15, -0.1) is 0 Å². The number of rotatable bonds is 4. The zero-order chi connectivity index (χ0) is 27.4. The third-order valence-electron chi connectivity index (χ3n) is 5.72. The van der Waals surface area contributed by atoms with E-state index in [1.54, 1.807) is 0 Å². The predicted octanol–water partition coefficient (Wildman–Crippen LogP) is 3.82. The summed E-state index contributed by atoms with van der Waals surface area (Å²) in [4.78, 5) is 15.4. The maximum atomic E-state index is 8.68. The van der Waals surface area contributed by atoms with E-state index in [2.05, 4.69) is 75.4 Å². The number of aliphatic imine (C=N–C) groups is 4. The van der Waals surface area contributed by atoms with Gasteiger partial charge in [0.15, 0.2) is 0 Å². The molecule has 4 aliphatic heterocycles. The minimum atomic E-state index is -0.159. The second-order valence-electron chi connectivity index (χ2n) is 10.1. The monoisotopic (exact) mass is 722 g/mol. The first-order chi connectivity index (χ1) is 16.8. The molecule has 0 saturated carbocycles. The number of ether oxygens (including phenoxy) is 4. The quantitative estimate of drug-likeness (QED) is 0.318. The molecule has 12 nitrogen and oxygen atoms in total. The van der Waals surface area contributed by atoms with Crippen molar-refractivity contribution in [2.45, 2.75) is 79.6 Å². The topological polar surface area (TPSA) is 167 Å². The third-order valence-corrected chi connectivity index (χ3v) is 5.72. The van der Waals surface area contributed by atoms with Crippen molar-refractivity contribution in [3.05, 3.63) is 0 Å². The van der Waals surface area contributed by atoms with Crippen LogP contribution in [-0.4, -0.2) is 95.4 Å². The molecule has 0 aliphatic carbocycles. The number of hydrogen-bond donors (Lipinski definition) is 4. The average Bonchev–Trinajstić information content (AvgIpc) is 3.58. The van der Waals surface area contributed by atoms with Crippen LogP contribution in [0.3, 0.4) is 0 Å². The van der Waals surface area contributed by atoms with Crippen molar-refractivity contribution in [2.75, 3.05) is 26.4 Å². The van der Waals surface area contributed by atoms with Gasteiger partial charge in [0.2, 0.25) is 0 Å². The van der Waals surface area contributed by atoms with E-state index < -0.39 is 0 Å². The van der Waals surface area contributed by atoms with Crippen LogP contribution >= 0.6 is 0 Å². The van der Waals surface area contributed by atoms with Crippen LogP contribution in [0.15, 0.2) is 20.0 Å². The predicted molar refractivity (Wildman–Crippen MR) is 139 cm³/mol. The molecule has 0 amide bonds. The molecule has 0 spiro atoms. The molecular formula is C24H44N4O8Rh2. The van der Waals surface area contributed by atoms with Crippen LogP contribution < -0.4 is 0 Å². The summed E-state index contributed by atoms with van der Waals surface area (Å²) in [5.41, 5.74) is 0. The summed E-state index contributed by atoms with van der Waals surface area (Å²) >= 11 is 0. The molecule has 226 valence electrons. The van der Waals surface area contributed by atoms with Gasteiger partial charge >= 0.3 is 24.3 Å². The van der Waals surface area contributed by atoms with Crippen LogP contribution in [0.2, 0.25) is 0 Å². The van der Waals surface area contributed by atoms with Gasteiger partial charge in [0, 0.05) is 39.0 Å². The van der Waals surface area contributed by atoms with Crippen molar-refractivity contribution in [3.8, 4) is 0 Å².